The first-order valence-electron chi connectivity index (χ1n) is 11.1. The average molecular weight is 420 g/mol. The van der Waals surface area contributed by atoms with Crippen molar-refractivity contribution in [2.24, 2.45) is 5.92 Å². The number of carbonyl (C=O) groups excluding carboxylic acids is 1. The summed E-state index contributed by atoms with van der Waals surface area (Å²) >= 11 is 0. The van der Waals surface area contributed by atoms with Gasteiger partial charge in [-0.25, -0.2) is 4.98 Å². The molecule has 0 bridgehead atoms. The van der Waals surface area contributed by atoms with Crippen molar-refractivity contribution < 1.29 is 9.53 Å². The van der Waals surface area contributed by atoms with Crippen LogP contribution in [-0.4, -0.2) is 28.6 Å². The average Bonchev–Trinajstić information content (AvgIpc) is 3.12. The first-order valence-corrected chi connectivity index (χ1v) is 11.1. The van der Waals surface area contributed by atoms with Crippen molar-refractivity contribution in [2.45, 2.75) is 46.1 Å². The Morgan fingerprint density at radius 3 is 2.74 bits per heavy atom. The standard InChI is InChI=1S/C26H33N3O2/c1-4-11-21-12-5-8-15-24(21)31-19-10-18-29-23-14-7-6-13-22(23)28-25(29)16-9-17-27-26(30)20(2)3/h4-8,12-15,20H,1,9-11,16-19H2,2-3H3,(H,27,30). The van der Waals surface area contributed by atoms with E-state index in [1.807, 2.05) is 44.2 Å². The van der Waals surface area contributed by atoms with Crippen LogP contribution in [0.15, 0.2) is 61.2 Å². The summed E-state index contributed by atoms with van der Waals surface area (Å²) in [5, 5.41) is 2.99. The first kappa shape index (κ1) is 22.6. The third-order valence-electron chi connectivity index (χ3n) is 5.25. The molecule has 0 saturated heterocycles. The van der Waals surface area contributed by atoms with Crippen molar-refractivity contribution in [3.63, 3.8) is 0 Å². The monoisotopic (exact) mass is 419 g/mol. The predicted octanol–water partition coefficient (Wildman–Crippen LogP) is 4.94. The number of amides is 1. The Labute approximate surface area is 185 Å². The van der Waals surface area contributed by atoms with Crippen molar-refractivity contribution in [3.8, 4) is 5.75 Å². The highest BCUT2D eigenvalue weighted by Crippen LogP contribution is 2.20. The molecule has 1 N–H and O–H groups in total. The fraction of sp³-hybridized carbons (Fsp3) is 0.385. The van der Waals surface area contributed by atoms with Gasteiger partial charge in [-0.15, -0.1) is 6.58 Å². The normalized spacial score (nSPS) is 11.1. The molecule has 5 heteroatoms. The van der Waals surface area contributed by atoms with Gasteiger partial charge < -0.3 is 14.6 Å². The zero-order chi connectivity index (χ0) is 22.1. The minimum atomic E-state index is 0.0150. The molecule has 0 unspecified atom stereocenters. The zero-order valence-corrected chi connectivity index (χ0v) is 18.6. The molecule has 1 aromatic heterocycles. The maximum atomic E-state index is 11.8. The number of aryl methyl sites for hydroxylation is 2. The molecule has 0 aliphatic carbocycles. The Hall–Kier alpha value is -3.08. The van der Waals surface area contributed by atoms with E-state index in [1.54, 1.807) is 0 Å². The molecular weight excluding hydrogens is 386 g/mol. The highest BCUT2D eigenvalue weighted by molar-refractivity contribution is 5.77. The van der Waals surface area contributed by atoms with Crippen LogP contribution in [0.1, 0.15) is 38.1 Å². The van der Waals surface area contributed by atoms with Crippen LogP contribution in [0.2, 0.25) is 0 Å². The molecule has 164 valence electrons. The Balaban J connectivity index is 1.59. The van der Waals surface area contributed by atoms with E-state index in [0.29, 0.717) is 13.2 Å². The van der Waals surface area contributed by atoms with Crippen molar-refractivity contribution in [1.82, 2.24) is 14.9 Å². The van der Waals surface area contributed by atoms with Gasteiger partial charge in [0.15, 0.2) is 0 Å². The van der Waals surface area contributed by atoms with Gasteiger partial charge in [0.1, 0.15) is 11.6 Å². The summed E-state index contributed by atoms with van der Waals surface area (Å²) in [7, 11) is 0. The van der Waals surface area contributed by atoms with E-state index in [1.165, 1.54) is 0 Å². The van der Waals surface area contributed by atoms with E-state index in [2.05, 4.69) is 40.7 Å². The van der Waals surface area contributed by atoms with Crippen molar-refractivity contribution >= 4 is 16.9 Å². The Kier molecular flexibility index (Phi) is 8.27. The predicted molar refractivity (Wildman–Crippen MR) is 126 cm³/mol. The van der Waals surface area contributed by atoms with Crippen molar-refractivity contribution in [3.05, 3.63) is 72.6 Å². The highest BCUT2D eigenvalue weighted by atomic mass is 16.5. The van der Waals surface area contributed by atoms with E-state index >= 15 is 0 Å². The zero-order valence-electron chi connectivity index (χ0n) is 18.6. The van der Waals surface area contributed by atoms with Gasteiger partial charge >= 0.3 is 0 Å². The van der Waals surface area contributed by atoms with Crippen molar-refractivity contribution in [1.29, 1.82) is 0 Å². The molecule has 0 atom stereocenters. The number of fused-ring (bicyclic) bond motifs is 1. The quantitative estimate of drug-likeness (QED) is 0.334. The molecule has 2 aromatic carbocycles. The molecule has 0 aliphatic heterocycles. The summed E-state index contributed by atoms with van der Waals surface area (Å²) in [6, 6.07) is 16.4. The number of allylic oxidation sites excluding steroid dienone is 1. The molecule has 1 heterocycles. The summed E-state index contributed by atoms with van der Waals surface area (Å²) in [6.45, 7) is 9.80. The van der Waals surface area contributed by atoms with Crippen LogP contribution < -0.4 is 10.1 Å². The summed E-state index contributed by atoms with van der Waals surface area (Å²) in [6.07, 6.45) is 5.29. The van der Waals surface area contributed by atoms with Gasteiger partial charge in [0.25, 0.3) is 0 Å². The number of nitrogens with one attached hydrogen (secondary N) is 1. The Morgan fingerprint density at radius 2 is 1.94 bits per heavy atom. The van der Waals surface area contributed by atoms with E-state index in [-0.39, 0.29) is 11.8 Å². The first-order chi connectivity index (χ1) is 15.1. The van der Waals surface area contributed by atoms with Gasteiger partial charge in [-0.2, -0.15) is 0 Å². The van der Waals surface area contributed by atoms with E-state index < -0.39 is 0 Å². The van der Waals surface area contributed by atoms with E-state index in [4.69, 9.17) is 9.72 Å². The van der Waals surface area contributed by atoms with Crippen molar-refractivity contribution in [2.75, 3.05) is 13.2 Å². The Morgan fingerprint density at radius 1 is 1.16 bits per heavy atom. The molecule has 3 rings (SSSR count). The van der Waals surface area contributed by atoms with Gasteiger partial charge in [-0.3, -0.25) is 4.79 Å². The van der Waals surface area contributed by atoms with Crippen LogP contribution in [0.25, 0.3) is 11.0 Å². The molecule has 0 fully saturated rings. The SMILES string of the molecule is C=CCc1ccccc1OCCCn1c(CCCNC(=O)C(C)C)nc2ccccc21. The topological polar surface area (TPSA) is 56.1 Å². The molecule has 0 aliphatic rings. The third-order valence-corrected chi connectivity index (χ3v) is 5.25. The summed E-state index contributed by atoms with van der Waals surface area (Å²) in [5.41, 5.74) is 3.33. The second-order valence-electron chi connectivity index (χ2n) is 8.02. The van der Waals surface area contributed by atoms with E-state index in [0.717, 1.165) is 60.4 Å². The van der Waals surface area contributed by atoms with Gasteiger partial charge in [0, 0.05) is 25.4 Å². The minimum absolute atomic E-state index is 0.0150. The third kappa shape index (κ3) is 6.20. The fourth-order valence-electron chi connectivity index (χ4n) is 3.60. The minimum Gasteiger partial charge on any atom is -0.493 e. The molecule has 3 aromatic rings. The van der Waals surface area contributed by atoms with Crippen LogP contribution in [0, 0.1) is 5.92 Å². The van der Waals surface area contributed by atoms with Gasteiger partial charge in [0.2, 0.25) is 5.91 Å². The lowest BCUT2D eigenvalue weighted by Gasteiger charge is -2.13. The Bertz CT molecular complexity index is 1010. The number of rotatable bonds is 12. The molecule has 1 amide bonds. The fourth-order valence-corrected chi connectivity index (χ4v) is 3.60. The van der Waals surface area contributed by atoms with Crippen LogP contribution in [-0.2, 0) is 24.2 Å². The second-order valence-corrected chi connectivity index (χ2v) is 8.02. The van der Waals surface area contributed by atoms with Crippen LogP contribution in [0.3, 0.4) is 0 Å². The van der Waals surface area contributed by atoms with Crippen LogP contribution in [0.5, 0.6) is 5.75 Å². The smallest absolute Gasteiger partial charge is 0.222 e. The molecule has 0 radical (unpaired) electrons. The number of imidazole rings is 1. The number of ether oxygens (including phenoxy) is 1. The number of carbonyl (C=O) groups is 1. The lowest BCUT2D eigenvalue weighted by Crippen LogP contribution is -2.28. The van der Waals surface area contributed by atoms with Gasteiger partial charge in [-0.05, 0) is 43.0 Å². The maximum absolute atomic E-state index is 11.8. The number of benzene rings is 2. The summed E-state index contributed by atoms with van der Waals surface area (Å²) in [5.74, 6) is 2.11. The van der Waals surface area contributed by atoms with Crippen LogP contribution >= 0.6 is 0 Å². The number of aromatic nitrogens is 2. The van der Waals surface area contributed by atoms with E-state index in [9.17, 15) is 4.79 Å². The molecule has 31 heavy (non-hydrogen) atoms. The number of hydrogen-bond acceptors (Lipinski definition) is 3. The molecular formula is C26H33N3O2. The lowest BCUT2D eigenvalue weighted by molar-refractivity contribution is -0.123. The lowest BCUT2D eigenvalue weighted by atomic mass is 10.1. The number of hydrogen-bond donors (Lipinski definition) is 1. The molecule has 5 nitrogen and oxygen atoms in total. The molecule has 0 spiro atoms. The highest BCUT2D eigenvalue weighted by Gasteiger charge is 2.11. The van der Waals surface area contributed by atoms with Gasteiger partial charge in [0.05, 0.1) is 17.6 Å². The second kappa shape index (κ2) is 11.3. The van der Waals surface area contributed by atoms with Gasteiger partial charge in [-0.1, -0.05) is 50.3 Å². The number of nitrogens with zero attached hydrogens (tertiary/aromatic N) is 2. The largest absolute Gasteiger partial charge is 0.493 e. The number of para-hydroxylation sites is 3. The summed E-state index contributed by atoms with van der Waals surface area (Å²) in [4.78, 5) is 16.6. The maximum Gasteiger partial charge on any atom is 0.222 e. The molecule has 0 saturated carbocycles. The van der Waals surface area contributed by atoms with Crippen LogP contribution in [0.4, 0.5) is 0 Å². The summed E-state index contributed by atoms with van der Waals surface area (Å²) < 4.78 is 8.35.